The average Bonchev–Trinajstić information content (AvgIpc) is 2.74. The van der Waals surface area contributed by atoms with E-state index in [1.54, 1.807) is 18.9 Å². The molecule has 1 atom stereocenters. The molecular formula is C13H24N2O3. The number of methoxy groups -OCH3 is 1. The molecule has 0 aromatic heterocycles. The van der Waals surface area contributed by atoms with E-state index in [-0.39, 0.29) is 23.5 Å². The third-order valence-electron chi connectivity index (χ3n) is 3.54. The third-order valence-corrected chi connectivity index (χ3v) is 3.54. The summed E-state index contributed by atoms with van der Waals surface area (Å²) in [4.78, 5) is 25.1. The zero-order valence-corrected chi connectivity index (χ0v) is 11.8. The first kappa shape index (κ1) is 15.0. The van der Waals surface area contributed by atoms with Crippen molar-refractivity contribution in [3.05, 3.63) is 0 Å². The molecule has 1 N–H and O–H groups in total. The lowest BCUT2D eigenvalue weighted by molar-refractivity contribution is -0.136. The Labute approximate surface area is 109 Å². The summed E-state index contributed by atoms with van der Waals surface area (Å²) in [5.41, 5.74) is -0.236. The molecule has 1 rings (SSSR count). The number of amides is 2. The molecule has 2 amide bonds. The van der Waals surface area contributed by atoms with E-state index in [0.29, 0.717) is 19.5 Å². The maximum atomic E-state index is 11.9. The Morgan fingerprint density at radius 3 is 2.72 bits per heavy atom. The fraction of sp³-hybridized carbons (Fsp3) is 0.846. The number of hydrogen-bond donors (Lipinski definition) is 1. The lowest BCUT2D eigenvalue weighted by Gasteiger charge is -2.25. The Bertz CT molecular complexity index is 315. The van der Waals surface area contributed by atoms with Crippen molar-refractivity contribution in [2.45, 2.75) is 51.7 Å². The second-order valence-corrected chi connectivity index (χ2v) is 5.37. The predicted molar refractivity (Wildman–Crippen MR) is 69.1 cm³/mol. The number of nitrogens with one attached hydrogen (secondary N) is 1. The molecule has 0 unspecified atom stereocenters. The second-order valence-electron chi connectivity index (χ2n) is 5.37. The molecule has 1 aliphatic heterocycles. The van der Waals surface area contributed by atoms with Crippen molar-refractivity contribution in [3.8, 4) is 0 Å². The number of rotatable bonds is 6. The molecule has 0 bridgehead atoms. The topological polar surface area (TPSA) is 58.6 Å². The van der Waals surface area contributed by atoms with Crippen LogP contribution in [0.2, 0.25) is 0 Å². The van der Waals surface area contributed by atoms with E-state index in [4.69, 9.17) is 4.74 Å². The van der Waals surface area contributed by atoms with E-state index in [1.165, 1.54) is 0 Å². The maximum Gasteiger partial charge on any atom is 0.242 e. The molecule has 0 aliphatic carbocycles. The van der Waals surface area contributed by atoms with Gasteiger partial charge in [-0.05, 0) is 33.6 Å². The highest BCUT2D eigenvalue weighted by Crippen LogP contribution is 2.14. The second kappa shape index (κ2) is 6.18. The van der Waals surface area contributed by atoms with Crippen molar-refractivity contribution in [2.75, 3.05) is 20.2 Å². The van der Waals surface area contributed by atoms with Crippen LogP contribution in [0.3, 0.4) is 0 Å². The minimum atomic E-state index is -0.370. The summed E-state index contributed by atoms with van der Waals surface area (Å²) in [6.45, 7) is 6.99. The van der Waals surface area contributed by atoms with Gasteiger partial charge in [0.15, 0.2) is 0 Å². The SMILES string of the molecule is COC(C)(C)CCNC(=O)[C@@H](C)N1CCCC1=O. The number of likely N-dealkylation sites (tertiary alicyclic amines) is 1. The van der Waals surface area contributed by atoms with Crippen molar-refractivity contribution < 1.29 is 14.3 Å². The Hall–Kier alpha value is -1.10. The third kappa shape index (κ3) is 3.98. The molecule has 1 aliphatic rings. The molecule has 104 valence electrons. The zero-order valence-electron chi connectivity index (χ0n) is 11.8. The highest BCUT2D eigenvalue weighted by Gasteiger charge is 2.29. The molecule has 0 saturated carbocycles. The summed E-state index contributed by atoms with van der Waals surface area (Å²) in [5.74, 6) is -0.00738. The first-order valence-electron chi connectivity index (χ1n) is 6.50. The molecule has 5 nitrogen and oxygen atoms in total. The summed E-state index contributed by atoms with van der Waals surface area (Å²) in [5, 5.41) is 2.86. The van der Waals surface area contributed by atoms with Crippen molar-refractivity contribution >= 4 is 11.8 Å². The Balaban J connectivity index is 2.34. The minimum absolute atomic E-state index is 0.0786. The van der Waals surface area contributed by atoms with Gasteiger partial charge in [0.1, 0.15) is 6.04 Å². The highest BCUT2D eigenvalue weighted by atomic mass is 16.5. The molecule has 0 aromatic rings. The van der Waals surface area contributed by atoms with Crippen molar-refractivity contribution in [1.29, 1.82) is 0 Å². The number of carbonyl (C=O) groups excluding carboxylic acids is 2. The van der Waals surface area contributed by atoms with E-state index in [9.17, 15) is 9.59 Å². The number of ether oxygens (including phenoxy) is 1. The molecular weight excluding hydrogens is 232 g/mol. The lowest BCUT2D eigenvalue weighted by atomic mass is 10.1. The Morgan fingerprint density at radius 2 is 2.22 bits per heavy atom. The van der Waals surface area contributed by atoms with Crippen LogP contribution in [0.25, 0.3) is 0 Å². The van der Waals surface area contributed by atoms with Gasteiger partial charge >= 0.3 is 0 Å². The van der Waals surface area contributed by atoms with E-state index in [0.717, 1.165) is 12.8 Å². The molecule has 0 spiro atoms. The standard InChI is InChI=1S/C13H24N2O3/c1-10(15-9-5-6-11(15)16)12(17)14-8-7-13(2,3)18-4/h10H,5-9H2,1-4H3,(H,14,17)/t10-/m1/s1. The summed E-state index contributed by atoms with van der Waals surface area (Å²) in [6, 6.07) is -0.370. The van der Waals surface area contributed by atoms with E-state index < -0.39 is 0 Å². The van der Waals surface area contributed by atoms with Crippen molar-refractivity contribution in [3.63, 3.8) is 0 Å². The summed E-state index contributed by atoms with van der Waals surface area (Å²) >= 11 is 0. The van der Waals surface area contributed by atoms with Crippen LogP contribution < -0.4 is 5.32 Å². The van der Waals surface area contributed by atoms with Crippen LogP contribution in [0.4, 0.5) is 0 Å². The molecule has 5 heteroatoms. The first-order chi connectivity index (χ1) is 8.37. The number of carbonyl (C=O) groups is 2. The van der Waals surface area contributed by atoms with E-state index in [1.807, 2.05) is 13.8 Å². The summed E-state index contributed by atoms with van der Waals surface area (Å²) in [6.07, 6.45) is 2.16. The molecule has 1 fully saturated rings. The van der Waals surface area contributed by atoms with Crippen molar-refractivity contribution in [1.82, 2.24) is 10.2 Å². The van der Waals surface area contributed by atoms with Gasteiger partial charge in [-0.2, -0.15) is 0 Å². The predicted octanol–water partition coefficient (Wildman–Crippen LogP) is 0.929. The normalized spacial score (nSPS) is 18.0. The first-order valence-corrected chi connectivity index (χ1v) is 6.50. The molecule has 1 heterocycles. The van der Waals surface area contributed by atoms with Gasteiger partial charge < -0.3 is 15.0 Å². The molecule has 0 radical (unpaired) electrons. The summed E-state index contributed by atoms with van der Waals surface area (Å²) in [7, 11) is 1.66. The molecule has 18 heavy (non-hydrogen) atoms. The smallest absolute Gasteiger partial charge is 0.242 e. The monoisotopic (exact) mass is 256 g/mol. The number of hydrogen-bond acceptors (Lipinski definition) is 3. The number of nitrogens with zero attached hydrogens (tertiary/aromatic N) is 1. The van der Waals surface area contributed by atoms with Gasteiger partial charge in [-0.15, -0.1) is 0 Å². The van der Waals surface area contributed by atoms with Gasteiger partial charge in [-0.1, -0.05) is 0 Å². The fourth-order valence-electron chi connectivity index (χ4n) is 1.96. The Kier molecular flexibility index (Phi) is 5.14. The minimum Gasteiger partial charge on any atom is -0.379 e. The lowest BCUT2D eigenvalue weighted by Crippen LogP contribution is -2.46. The van der Waals surface area contributed by atoms with Crippen LogP contribution in [0, 0.1) is 0 Å². The van der Waals surface area contributed by atoms with Crippen LogP contribution >= 0.6 is 0 Å². The van der Waals surface area contributed by atoms with E-state index >= 15 is 0 Å². The van der Waals surface area contributed by atoms with Crippen LogP contribution in [-0.4, -0.2) is 48.6 Å². The quantitative estimate of drug-likeness (QED) is 0.769. The maximum absolute atomic E-state index is 11.9. The molecule has 1 saturated heterocycles. The fourth-order valence-corrected chi connectivity index (χ4v) is 1.96. The average molecular weight is 256 g/mol. The van der Waals surface area contributed by atoms with Gasteiger partial charge in [-0.3, -0.25) is 9.59 Å². The Morgan fingerprint density at radius 1 is 1.56 bits per heavy atom. The summed E-state index contributed by atoms with van der Waals surface area (Å²) < 4.78 is 5.28. The van der Waals surface area contributed by atoms with Crippen LogP contribution in [-0.2, 0) is 14.3 Å². The van der Waals surface area contributed by atoms with Gasteiger partial charge in [-0.25, -0.2) is 0 Å². The van der Waals surface area contributed by atoms with Crippen LogP contribution in [0.1, 0.15) is 40.0 Å². The van der Waals surface area contributed by atoms with Crippen molar-refractivity contribution in [2.24, 2.45) is 0 Å². The zero-order chi connectivity index (χ0) is 13.8. The van der Waals surface area contributed by atoms with Gasteiger partial charge in [0.05, 0.1) is 5.60 Å². The highest BCUT2D eigenvalue weighted by molar-refractivity contribution is 5.88. The van der Waals surface area contributed by atoms with Gasteiger partial charge in [0.25, 0.3) is 0 Å². The largest absolute Gasteiger partial charge is 0.379 e. The van der Waals surface area contributed by atoms with Gasteiger partial charge in [0.2, 0.25) is 11.8 Å². The van der Waals surface area contributed by atoms with E-state index in [2.05, 4.69) is 5.32 Å². The molecule has 0 aromatic carbocycles. The van der Waals surface area contributed by atoms with Crippen LogP contribution in [0.5, 0.6) is 0 Å². The van der Waals surface area contributed by atoms with Gasteiger partial charge in [0, 0.05) is 26.6 Å². The van der Waals surface area contributed by atoms with Crippen LogP contribution in [0.15, 0.2) is 0 Å².